The highest BCUT2D eigenvalue weighted by Gasteiger charge is 2.28. The highest BCUT2D eigenvalue weighted by molar-refractivity contribution is 7.99. The fourth-order valence-electron chi connectivity index (χ4n) is 4.65. The normalized spacial score (nSPS) is 21.0. The van der Waals surface area contributed by atoms with Gasteiger partial charge in [-0.25, -0.2) is 9.50 Å². The monoisotopic (exact) mass is 452 g/mol. The molecule has 1 aromatic carbocycles. The Labute approximate surface area is 194 Å². The van der Waals surface area contributed by atoms with Crippen molar-refractivity contribution in [2.24, 2.45) is 11.8 Å². The topological polar surface area (TPSA) is 68.5 Å². The maximum absolute atomic E-state index is 12.7. The Balaban J connectivity index is 1.58. The number of carbonyl (C=O) groups excluding carboxylic acids is 1. The molecule has 0 unspecified atom stereocenters. The molecular weight excluding hydrogens is 420 g/mol. The molecule has 2 aromatic heterocycles. The van der Waals surface area contributed by atoms with Crippen molar-refractivity contribution in [3.63, 3.8) is 0 Å². The maximum Gasteiger partial charge on any atom is 0.230 e. The van der Waals surface area contributed by atoms with Crippen LogP contribution >= 0.6 is 11.8 Å². The summed E-state index contributed by atoms with van der Waals surface area (Å²) in [7, 11) is 1.67. The molecule has 6 nitrogen and oxygen atoms in total. The summed E-state index contributed by atoms with van der Waals surface area (Å²) in [5.74, 6) is 2.41. The van der Waals surface area contributed by atoms with Crippen molar-refractivity contribution in [2.75, 3.05) is 12.9 Å². The zero-order valence-electron chi connectivity index (χ0n) is 19.5. The molecule has 0 radical (unpaired) electrons. The fourth-order valence-corrected chi connectivity index (χ4v) is 5.52. The van der Waals surface area contributed by atoms with E-state index in [1.165, 1.54) is 24.6 Å². The molecule has 1 aliphatic rings. The van der Waals surface area contributed by atoms with Crippen LogP contribution in [0.3, 0.4) is 0 Å². The van der Waals surface area contributed by atoms with Gasteiger partial charge in [0, 0.05) is 17.3 Å². The van der Waals surface area contributed by atoms with Crippen LogP contribution in [0.1, 0.15) is 44.5 Å². The molecule has 3 atom stereocenters. The number of para-hydroxylation sites is 1. The first kappa shape index (κ1) is 22.6. The van der Waals surface area contributed by atoms with E-state index in [-0.39, 0.29) is 11.9 Å². The number of aryl methyl sites for hydroxylation is 2. The van der Waals surface area contributed by atoms with Crippen LogP contribution < -0.4 is 10.1 Å². The first-order valence-electron chi connectivity index (χ1n) is 11.3. The molecule has 0 saturated heterocycles. The molecule has 0 bridgehead atoms. The third-order valence-electron chi connectivity index (χ3n) is 6.64. The number of ether oxygens (including phenoxy) is 1. The first-order valence-corrected chi connectivity index (χ1v) is 12.3. The van der Waals surface area contributed by atoms with Gasteiger partial charge in [0.2, 0.25) is 5.91 Å². The van der Waals surface area contributed by atoms with Crippen LogP contribution in [0.15, 0.2) is 35.4 Å². The van der Waals surface area contributed by atoms with Crippen LogP contribution in [0.4, 0.5) is 0 Å². The lowest BCUT2D eigenvalue weighted by Gasteiger charge is -2.34. The summed E-state index contributed by atoms with van der Waals surface area (Å²) in [6.07, 6.45) is 3.51. The van der Waals surface area contributed by atoms with Crippen LogP contribution in [0.25, 0.3) is 16.8 Å². The summed E-state index contributed by atoms with van der Waals surface area (Å²) in [6, 6.07) is 10.2. The van der Waals surface area contributed by atoms with E-state index in [4.69, 9.17) is 14.8 Å². The Hall–Kier alpha value is -2.54. The summed E-state index contributed by atoms with van der Waals surface area (Å²) in [4.78, 5) is 17.5. The number of methoxy groups -OCH3 is 1. The molecule has 1 amide bonds. The Kier molecular flexibility index (Phi) is 6.74. The highest BCUT2D eigenvalue weighted by atomic mass is 32.2. The molecule has 4 rings (SSSR count). The molecule has 0 aliphatic heterocycles. The zero-order chi connectivity index (χ0) is 22.8. The van der Waals surface area contributed by atoms with Gasteiger partial charge in [0.15, 0.2) is 5.65 Å². The molecule has 2 heterocycles. The second-order valence-corrected chi connectivity index (χ2v) is 9.86. The lowest BCUT2D eigenvalue weighted by molar-refractivity contribution is -0.120. The summed E-state index contributed by atoms with van der Waals surface area (Å²) in [5.41, 5.74) is 4.48. The van der Waals surface area contributed by atoms with Crippen LogP contribution in [0, 0.1) is 25.7 Å². The van der Waals surface area contributed by atoms with Gasteiger partial charge in [-0.2, -0.15) is 5.10 Å². The van der Waals surface area contributed by atoms with Gasteiger partial charge in [-0.15, -0.1) is 0 Å². The predicted octanol–water partition coefficient (Wildman–Crippen LogP) is 5.05. The van der Waals surface area contributed by atoms with Crippen LogP contribution in [-0.2, 0) is 4.79 Å². The SMILES string of the molecule is COc1ccccc1-c1c(C)nn2c(SCC(=O)N[C@@H]3CCC[C@H](C)[C@@H]3C)cc(C)nc12. The van der Waals surface area contributed by atoms with E-state index in [0.717, 1.165) is 45.4 Å². The van der Waals surface area contributed by atoms with E-state index in [0.29, 0.717) is 17.6 Å². The van der Waals surface area contributed by atoms with Crippen LogP contribution in [0.5, 0.6) is 5.75 Å². The molecule has 1 saturated carbocycles. The number of rotatable bonds is 6. The van der Waals surface area contributed by atoms with Crippen molar-refractivity contribution in [1.29, 1.82) is 0 Å². The fraction of sp³-hybridized carbons (Fsp3) is 0.480. The maximum atomic E-state index is 12.7. The van der Waals surface area contributed by atoms with Gasteiger partial charge in [-0.05, 0) is 44.2 Å². The van der Waals surface area contributed by atoms with E-state index in [1.807, 2.05) is 48.7 Å². The molecule has 1 fully saturated rings. The number of nitrogens with zero attached hydrogens (tertiary/aromatic N) is 3. The van der Waals surface area contributed by atoms with Crippen molar-refractivity contribution >= 4 is 23.3 Å². The van der Waals surface area contributed by atoms with E-state index < -0.39 is 0 Å². The third-order valence-corrected chi connectivity index (χ3v) is 7.63. The van der Waals surface area contributed by atoms with Gasteiger partial charge in [-0.3, -0.25) is 4.79 Å². The summed E-state index contributed by atoms with van der Waals surface area (Å²) in [5, 5.41) is 8.95. The molecule has 1 N–H and O–H groups in total. The molecule has 170 valence electrons. The largest absolute Gasteiger partial charge is 0.496 e. The third kappa shape index (κ3) is 4.49. The summed E-state index contributed by atoms with van der Waals surface area (Å²) in [6.45, 7) is 8.50. The lowest BCUT2D eigenvalue weighted by atomic mass is 9.78. The van der Waals surface area contributed by atoms with Crippen molar-refractivity contribution in [3.8, 4) is 16.9 Å². The lowest BCUT2D eigenvalue weighted by Crippen LogP contribution is -2.44. The number of aromatic nitrogens is 3. The van der Waals surface area contributed by atoms with Gasteiger partial charge in [0.1, 0.15) is 10.8 Å². The smallest absolute Gasteiger partial charge is 0.230 e. The van der Waals surface area contributed by atoms with Gasteiger partial charge in [-0.1, -0.05) is 56.7 Å². The molecule has 1 aliphatic carbocycles. The average Bonchev–Trinajstić information content (AvgIpc) is 3.10. The number of nitrogens with one attached hydrogen (secondary N) is 1. The Morgan fingerprint density at radius 3 is 2.81 bits per heavy atom. The van der Waals surface area contributed by atoms with E-state index in [2.05, 4.69) is 19.2 Å². The second-order valence-electron chi connectivity index (χ2n) is 8.86. The van der Waals surface area contributed by atoms with E-state index >= 15 is 0 Å². The minimum absolute atomic E-state index is 0.0809. The Bertz CT molecular complexity index is 1130. The van der Waals surface area contributed by atoms with Gasteiger partial charge < -0.3 is 10.1 Å². The summed E-state index contributed by atoms with van der Waals surface area (Å²) < 4.78 is 7.43. The van der Waals surface area contributed by atoms with Crippen molar-refractivity contribution in [3.05, 3.63) is 41.7 Å². The second kappa shape index (κ2) is 9.53. The molecule has 32 heavy (non-hydrogen) atoms. The number of benzene rings is 1. The quantitative estimate of drug-likeness (QED) is 0.418. The number of amides is 1. The standard InChI is InChI=1S/C25H32N4O2S/c1-15-9-8-11-20(17(15)3)27-22(30)14-32-23-13-16(2)26-25-24(18(4)28-29(23)25)19-10-6-7-12-21(19)31-5/h6-7,10,12-13,15,17,20H,8-9,11,14H2,1-5H3,(H,27,30)/t15-,17-,20+/m0/s1. The Morgan fingerprint density at radius 1 is 1.25 bits per heavy atom. The first-order chi connectivity index (χ1) is 15.4. The molecular formula is C25H32N4O2S. The molecule has 7 heteroatoms. The van der Waals surface area contributed by atoms with Gasteiger partial charge in [0.25, 0.3) is 0 Å². The number of hydrogen-bond acceptors (Lipinski definition) is 5. The molecule has 0 spiro atoms. The number of thioether (sulfide) groups is 1. The predicted molar refractivity (Wildman–Crippen MR) is 129 cm³/mol. The average molecular weight is 453 g/mol. The van der Waals surface area contributed by atoms with Crippen molar-refractivity contribution < 1.29 is 9.53 Å². The molecule has 3 aromatic rings. The highest BCUT2D eigenvalue weighted by Crippen LogP contribution is 2.36. The van der Waals surface area contributed by atoms with E-state index in [9.17, 15) is 4.79 Å². The zero-order valence-corrected chi connectivity index (χ0v) is 20.3. The minimum Gasteiger partial charge on any atom is -0.496 e. The number of hydrogen-bond donors (Lipinski definition) is 1. The van der Waals surface area contributed by atoms with E-state index in [1.54, 1.807) is 7.11 Å². The number of carbonyl (C=O) groups is 1. The van der Waals surface area contributed by atoms with Crippen molar-refractivity contribution in [1.82, 2.24) is 19.9 Å². The Morgan fingerprint density at radius 2 is 2.03 bits per heavy atom. The van der Waals surface area contributed by atoms with Crippen molar-refractivity contribution in [2.45, 2.75) is 58.0 Å². The van der Waals surface area contributed by atoms with Gasteiger partial charge in [0.05, 0.1) is 24.1 Å². The van der Waals surface area contributed by atoms with Crippen LogP contribution in [-0.4, -0.2) is 39.4 Å². The number of fused-ring (bicyclic) bond motifs is 1. The van der Waals surface area contributed by atoms with Crippen LogP contribution in [0.2, 0.25) is 0 Å². The minimum atomic E-state index is 0.0809. The summed E-state index contributed by atoms with van der Waals surface area (Å²) >= 11 is 1.51. The van der Waals surface area contributed by atoms with Gasteiger partial charge >= 0.3 is 0 Å².